The highest BCUT2D eigenvalue weighted by Crippen LogP contribution is 2.48. The van der Waals surface area contributed by atoms with Crippen LogP contribution >= 0.6 is 0 Å². The summed E-state index contributed by atoms with van der Waals surface area (Å²) in [7, 11) is 0. The number of allylic oxidation sites excluding steroid dienone is 2. The van der Waals surface area contributed by atoms with E-state index in [1.807, 2.05) is 6.92 Å². The van der Waals surface area contributed by atoms with Gasteiger partial charge in [-0.05, 0) is 65.8 Å². The lowest BCUT2D eigenvalue weighted by molar-refractivity contribution is 0.306. The molecule has 1 aliphatic rings. The number of rotatable bonds is 4. The highest BCUT2D eigenvalue weighted by Gasteiger charge is 2.38. The van der Waals surface area contributed by atoms with Gasteiger partial charge in [0.05, 0.1) is 12.7 Å². The van der Waals surface area contributed by atoms with Gasteiger partial charge in [-0.15, -0.1) is 0 Å². The van der Waals surface area contributed by atoms with Crippen molar-refractivity contribution in [2.24, 2.45) is 0 Å². The zero-order chi connectivity index (χ0) is 17.3. The molecule has 0 saturated heterocycles. The largest absolute Gasteiger partial charge is 0.493 e. The first kappa shape index (κ1) is 17.6. The zero-order valence-corrected chi connectivity index (χ0v) is 15.4. The number of hydrogen-bond acceptors (Lipinski definition) is 2. The quantitative estimate of drug-likeness (QED) is 0.663. The van der Waals surface area contributed by atoms with Gasteiger partial charge in [-0.2, -0.15) is 5.26 Å². The van der Waals surface area contributed by atoms with E-state index in [9.17, 15) is 0 Å². The van der Waals surface area contributed by atoms with Crippen molar-refractivity contribution in [3.63, 3.8) is 0 Å². The first-order valence-electron chi connectivity index (χ1n) is 8.61. The van der Waals surface area contributed by atoms with Crippen LogP contribution in [0.25, 0.3) is 5.57 Å². The molecule has 0 spiro atoms. The second-order valence-electron chi connectivity index (χ2n) is 7.97. The lowest BCUT2D eigenvalue weighted by atomic mass is 9.62. The number of ether oxygens (including phenoxy) is 1. The zero-order valence-electron chi connectivity index (χ0n) is 15.4. The van der Waals surface area contributed by atoms with Crippen LogP contribution in [0.15, 0.2) is 18.2 Å². The van der Waals surface area contributed by atoms with Crippen molar-refractivity contribution in [2.75, 3.05) is 6.61 Å². The Bertz CT molecular complexity index is 659. The Labute approximate surface area is 141 Å². The van der Waals surface area contributed by atoms with Crippen molar-refractivity contribution in [2.45, 2.75) is 71.6 Å². The minimum Gasteiger partial charge on any atom is -0.493 e. The maximum Gasteiger partial charge on any atom is 0.127 e. The molecule has 0 unspecified atom stereocenters. The van der Waals surface area contributed by atoms with E-state index >= 15 is 0 Å². The van der Waals surface area contributed by atoms with Crippen molar-refractivity contribution in [1.82, 2.24) is 0 Å². The molecule has 0 heterocycles. The molecule has 1 aliphatic carbocycles. The fourth-order valence-corrected chi connectivity index (χ4v) is 3.41. The predicted molar refractivity (Wildman–Crippen MR) is 96.8 cm³/mol. The molecule has 0 N–H and O–H groups in total. The maximum atomic E-state index is 9.02. The highest BCUT2D eigenvalue weighted by molar-refractivity contribution is 5.73. The second kappa shape index (κ2) is 6.40. The van der Waals surface area contributed by atoms with Gasteiger partial charge in [-0.1, -0.05) is 34.6 Å². The summed E-state index contributed by atoms with van der Waals surface area (Å²) >= 11 is 0. The van der Waals surface area contributed by atoms with Crippen molar-refractivity contribution in [1.29, 1.82) is 5.26 Å². The van der Waals surface area contributed by atoms with Gasteiger partial charge in [0.15, 0.2) is 0 Å². The molecule has 0 fully saturated rings. The average molecular weight is 311 g/mol. The van der Waals surface area contributed by atoms with Crippen LogP contribution in [-0.2, 0) is 10.8 Å². The molecule has 2 nitrogen and oxygen atoms in total. The normalized spacial score (nSPS) is 18.9. The topological polar surface area (TPSA) is 33.0 Å². The van der Waals surface area contributed by atoms with E-state index in [0.717, 1.165) is 23.3 Å². The summed E-state index contributed by atoms with van der Waals surface area (Å²) in [6.07, 6.45) is 4.96. The monoisotopic (exact) mass is 311 g/mol. The lowest BCUT2D eigenvalue weighted by Crippen LogP contribution is -2.34. The van der Waals surface area contributed by atoms with Gasteiger partial charge in [0.25, 0.3) is 0 Å². The molecule has 2 heteroatoms. The van der Waals surface area contributed by atoms with Crippen LogP contribution in [-0.4, -0.2) is 6.61 Å². The third kappa shape index (κ3) is 3.44. The lowest BCUT2D eigenvalue weighted by Gasteiger charge is -2.42. The molecule has 2 rings (SSSR count). The first-order chi connectivity index (χ1) is 10.7. The van der Waals surface area contributed by atoms with Gasteiger partial charge in [-0.3, -0.25) is 0 Å². The van der Waals surface area contributed by atoms with Crippen LogP contribution in [0.2, 0.25) is 0 Å². The van der Waals surface area contributed by atoms with Crippen molar-refractivity contribution in [3.05, 3.63) is 34.9 Å². The van der Waals surface area contributed by atoms with Gasteiger partial charge < -0.3 is 4.74 Å². The third-order valence-electron chi connectivity index (χ3n) is 5.12. The predicted octanol–water partition coefficient (Wildman–Crippen LogP) is 5.75. The van der Waals surface area contributed by atoms with Crippen molar-refractivity contribution < 1.29 is 4.74 Å². The SMILES string of the molecule is CCCOc1cc2c(cc1C(C)=CC#N)C(C)(C)CCC2(C)C. The van der Waals surface area contributed by atoms with Crippen molar-refractivity contribution in [3.8, 4) is 11.8 Å². The van der Waals surface area contributed by atoms with E-state index < -0.39 is 0 Å². The molecule has 0 bridgehead atoms. The summed E-state index contributed by atoms with van der Waals surface area (Å²) in [6.45, 7) is 14.1. The van der Waals surface area contributed by atoms with Gasteiger partial charge >= 0.3 is 0 Å². The Morgan fingerprint density at radius 2 is 1.74 bits per heavy atom. The van der Waals surface area contributed by atoms with E-state index in [4.69, 9.17) is 10.00 Å². The minimum absolute atomic E-state index is 0.163. The summed E-state index contributed by atoms with van der Waals surface area (Å²) in [5.41, 5.74) is 5.16. The molecule has 23 heavy (non-hydrogen) atoms. The molecule has 0 saturated carbocycles. The maximum absolute atomic E-state index is 9.02. The summed E-state index contributed by atoms with van der Waals surface area (Å²) in [5.74, 6) is 0.917. The standard InChI is InChI=1S/C21H29NO/c1-7-12-23-19-14-18-17(13-16(19)15(2)8-11-22)20(3,4)9-10-21(18,5)6/h8,13-14H,7,9-10,12H2,1-6H3. The third-order valence-corrected chi connectivity index (χ3v) is 5.12. The molecule has 0 atom stereocenters. The molecule has 1 aromatic rings. The molecule has 1 aromatic carbocycles. The number of nitrogens with zero attached hydrogens (tertiary/aromatic N) is 1. The number of hydrogen-bond donors (Lipinski definition) is 0. The van der Waals surface area contributed by atoms with Crippen LogP contribution < -0.4 is 4.74 Å². The minimum atomic E-state index is 0.163. The number of fused-ring (bicyclic) bond motifs is 1. The Kier molecular flexibility index (Phi) is 4.90. The van der Waals surface area contributed by atoms with Crippen LogP contribution in [0.3, 0.4) is 0 Å². The summed E-state index contributed by atoms with van der Waals surface area (Å²) in [4.78, 5) is 0. The summed E-state index contributed by atoms with van der Waals surface area (Å²) < 4.78 is 6.03. The van der Waals surface area contributed by atoms with E-state index in [-0.39, 0.29) is 10.8 Å². The number of nitriles is 1. The van der Waals surface area contributed by atoms with Gasteiger partial charge in [0, 0.05) is 11.6 Å². The molecule has 0 amide bonds. The van der Waals surface area contributed by atoms with Gasteiger partial charge in [0.2, 0.25) is 0 Å². The van der Waals surface area contributed by atoms with E-state index in [1.54, 1.807) is 6.08 Å². The highest BCUT2D eigenvalue weighted by atomic mass is 16.5. The van der Waals surface area contributed by atoms with E-state index in [0.29, 0.717) is 6.61 Å². The molecular formula is C21H29NO. The smallest absolute Gasteiger partial charge is 0.127 e. The van der Waals surface area contributed by atoms with E-state index in [1.165, 1.54) is 24.0 Å². The first-order valence-corrected chi connectivity index (χ1v) is 8.61. The van der Waals surface area contributed by atoms with Crippen LogP contribution in [0.5, 0.6) is 5.75 Å². The van der Waals surface area contributed by atoms with Crippen LogP contribution in [0.1, 0.15) is 77.5 Å². The van der Waals surface area contributed by atoms with Crippen LogP contribution in [0.4, 0.5) is 0 Å². The molecule has 0 aliphatic heterocycles. The Morgan fingerprint density at radius 3 is 2.26 bits per heavy atom. The summed E-state index contributed by atoms with van der Waals surface area (Å²) in [5, 5.41) is 9.02. The Morgan fingerprint density at radius 1 is 1.17 bits per heavy atom. The molecular weight excluding hydrogens is 282 g/mol. The van der Waals surface area contributed by atoms with Crippen LogP contribution in [0, 0.1) is 11.3 Å². The van der Waals surface area contributed by atoms with Gasteiger partial charge in [0.1, 0.15) is 5.75 Å². The Hall–Kier alpha value is -1.75. The molecule has 0 aromatic heterocycles. The van der Waals surface area contributed by atoms with Crippen molar-refractivity contribution >= 4 is 5.57 Å². The van der Waals surface area contributed by atoms with E-state index in [2.05, 4.69) is 52.8 Å². The van der Waals surface area contributed by atoms with Gasteiger partial charge in [-0.25, -0.2) is 0 Å². The fourth-order valence-electron chi connectivity index (χ4n) is 3.41. The average Bonchev–Trinajstić information content (AvgIpc) is 2.49. The number of benzene rings is 1. The Balaban J connectivity index is 2.68. The summed E-state index contributed by atoms with van der Waals surface area (Å²) in [6, 6.07) is 6.65. The molecule has 124 valence electrons. The molecule has 0 radical (unpaired) electrons. The second-order valence-corrected chi connectivity index (χ2v) is 7.97. The fraction of sp³-hybridized carbons (Fsp3) is 0.571.